The van der Waals surface area contributed by atoms with Gasteiger partial charge >= 0.3 is 5.97 Å². The van der Waals surface area contributed by atoms with Crippen LogP contribution in [0, 0.1) is 0 Å². The van der Waals surface area contributed by atoms with Gasteiger partial charge in [0.1, 0.15) is 6.61 Å². The van der Waals surface area contributed by atoms with E-state index in [4.69, 9.17) is 9.72 Å². The number of hydrogen-bond acceptors (Lipinski definition) is 6. The highest BCUT2D eigenvalue weighted by molar-refractivity contribution is 6.02. The number of aromatic nitrogens is 2. The minimum absolute atomic E-state index is 0.0923. The van der Waals surface area contributed by atoms with Crippen molar-refractivity contribution in [2.45, 2.75) is 32.1 Å². The Morgan fingerprint density at radius 3 is 2.90 bits per heavy atom. The number of nitrogens with one attached hydrogen (secondary N) is 1. The van der Waals surface area contributed by atoms with E-state index in [1.807, 2.05) is 12.1 Å². The zero-order chi connectivity index (χ0) is 21.9. The van der Waals surface area contributed by atoms with Crippen LogP contribution < -0.4 is 16.6 Å². The molecule has 9 heteroatoms. The van der Waals surface area contributed by atoms with Gasteiger partial charge in [0.25, 0.3) is 11.5 Å². The Bertz CT molecular complexity index is 1350. The molecule has 2 aromatic heterocycles. The highest BCUT2D eigenvalue weighted by Crippen LogP contribution is 2.39. The second-order valence-electron chi connectivity index (χ2n) is 7.77. The molecule has 31 heavy (non-hydrogen) atoms. The van der Waals surface area contributed by atoms with E-state index in [1.165, 1.54) is 0 Å². The zero-order valence-corrected chi connectivity index (χ0v) is 16.9. The number of anilines is 1. The molecule has 5 N–H and O–H groups in total. The van der Waals surface area contributed by atoms with Crippen LogP contribution in [-0.4, -0.2) is 33.1 Å². The fourth-order valence-corrected chi connectivity index (χ4v) is 4.32. The average molecular weight is 421 g/mol. The first kappa shape index (κ1) is 19.4. The molecule has 0 bridgehead atoms. The van der Waals surface area contributed by atoms with Gasteiger partial charge in [0, 0.05) is 16.5 Å². The number of aliphatic hydroxyl groups is 1. The van der Waals surface area contributed by atoms with Crippen LogP contribution in [0.3, 0.4) is 0 Å². The maximum atomic E-state index is 13.2. The number of pyridine rings is 2. The van der Waals surface area contributed by atoms with Crippen molar-refractivity contribution in [3.05, 3.63) is 57.4 Å². The van der Waals surface area contributed by atoms with Gasteiger partial charge < -0.3 is 25.5 Å². The maximum Gasteiger partial charge on any atom is 0.343 e. The van der Waals surface area contributed by atoms with Gasteiger partial charge in [-0.3, -0.25) is 9.59 Å². The lowest BCUT2D eigenvalue weighted by molar-refractivity contribution is -0.353. The number of rotatable bonds is 3. The number of ether oxygens (including phenoxy) is 1. The number of amides is 1. The quantitative estimate of drug-likeness (QED) is 0.406. The Morgan fingerprint density at radius 1 is 1.35 bits per heavy atom. The molecule has 1 atom stereocenters. The first-order valence-corrected chi connectivity index (χ1v) is 10.1. The molecule has 0 unspecified atom stereocenters. The molecule has 0 spiro atoms. The van der Waals surface area contributed by atoms with Crippen molar-refractivity contribution in [3.8, 4) is 11.4 Å². The summed E-state index contributed by atoms with van der Waals surface area (Å²) in [6, 6.07) is 9.01. The van der Waals surface area contributed by atoms with Crippen molar-refractivity contribution in [3.63, 3.8) is 0 Å². The van der Waals surface area contributed by atoms with Crippen LogP contribution in [0.15, 0.2) is 35.1 Å². The molecule has 0 radical (unpaired) electrons. The molecule has 0 fully saturated rings. The van der Waals surface area contributed by atoms with Crippen molar-refractivity contribution in [2.24, 2.45) is 0 Å². The van der Waals surface area contributed by atoms with Crippen LogP contribution in [0.5, 0.6) is 0 Å². The molecule has 5 rings (SSSR count). The van der Waals surface area contributed by atoms with Crippen molar-refractivity contribution in [2.75, 3.05) is 11.9 Å². The topological polar surface area (TPSA) is 138 Å². The summed E-state index contributed by atoms with van der Waals surface area (Å²) < 4.78 is 6.67. The van der Waals surface area contributed by atoms with Gasteiger partial charge in [0.2, 0.25) is 0 Å². The Kier molecular flexibility index (Phi) is 4.21. The molecule has 3 aromatic rings. The number of carbonyl (C=O) groups excluding carboxylic acids is 2. The van der Waals surface area contributed by atoms with Gasteiger partial charge in [-0.05, 0) is 30.7 Å². The lowest BCUT2D eigenvalue weighted by Crippen LogP contribution is -2.55. The number of fused-ring (bicyclic) bond motifs is 5. The van der Waals surface area contributed by atoms with E-state index in [2.05, 4.69) is 11.1 Å². The van der Waals surface area contributed by atoms with E-state index in [0.717, 1.165) is 10.9 Å². The molecule has 0 aliphatic carbocycles. The minimum atomic E-state index is -1.85. The van der Waals surface area contributed by atoms with Crippen LogP contribution in [0.4, 0.5) is 5.69 Å². The molecule has 0 saturated carbocycles. The van der Waals surface area contributed by atoms with Crippen molar-refractivity contribution in [1.29, 1.82) is 0 Å². The second kappa shape index (κ2) is 6.73. The second-order valence-corrected chi connectivity index (χ2v) is 7.77. The van der Waals surface area contributed by atoms with Gasteiger partial charge in [0.05, 0.1) is 34.7 Å². The van der Waals surface area contributed by atoms with E-state index in [1.54, 1.807) is 29.7 Å². The molecular formula is C22H21N4O5+. The Balaban J connectivity index is 1.71. The molecule has 2 aliphatic rings. The first-order chi connectivity index (χ1) is 14.9. The Hall–Kier alpha value is -3.56. The largest absolute Gasteiger partial charge is 0.458 e. The van der Waals surface area contributed by atoms with Gasteiger partial charge in [-0.1, -0.05) is 13.0 Å². The predicted octanol–water partition coefficient (Wildman–Crippen LogP) is 0.260. The SMILES string of the molecule is CC[C@]1(O)C(=O)OCc2c1cc1n(c2=O)Cc2cc3c(NC(=O)C[NH3+])cccc3nc2-1. The predicted molar refractivity (Wildman–Crippen MR) is 111 cm³/mol. The van der Waals surface area contributed by atoms with E-state index in [-0.39, 0.29) is 42.2 Å². The molecular weight excluding hydrogens is 400 g/mol. The number of quaternary nitrogens is 1. The summed E-state index contributed by atoms with van der Waals surface area (Å²) in [6.07, 6.45) is 0.0923. The first-order valence-electron chi connectivity index (χ1n) is 10.1. The number of esters is 1. The van der Waals surface area contributed by atoms with Crippen LogP contribution in [-0.2, 0) is 33.1 Å². The summed E-state index contributed by atoms with van der Waals surface area (Å²) in [7, 11) is 0. The van der Waals surface area contributed by atoms with Crippen LogP contribution in [0.2, 0.25) is 0 Å². The number of nitrogens with zero attached hydrogens (tertiary/aromatic N) is 2. The lowest BCUT2D eigenvalue weighted by atomic mass is 9.86. The van der Waals surface area contributed by atoms with E-state index in [9.17, 15) is 19.5 Å². The summed E-state index contributed by atoms with van der Waals surface area (Å²) in [5, 5.41) is 14.5. The number of cyclic esters (lactones) is 1. The third kappa shape index (κ3) is 2.70. The molecule has 1 amide bonds. The van der Waals surface area contributed by atoms with Gasteiger partial charge in [-0.15, -0.1) is 0 Å². The van der Waals surface area contributed by atoms with E-state index >= 15 is 0 Å². The Labute approximate surface area is 176 Å². The van der Waals surface area contributed by atoms with Crippen molar-refractivity contribution < 1.29 is 25.2 Å². The molecule has 158 valence electrons. The minimum Gasteiger partial charge on any atom is -0.458 e. The highest BCUT2D eigenvalue weighted by Gasteiger charge is 2.45. The number of carbonyl (C=O) groups is 2. The fraction of sp³-hybridized carbons (Fsp3) is 0.273. The van der Waals surface area contributed by atoms with E-state index < -0.39 is 11.6 Å². The van der Waals surface area contributed by atoms with Crippen molar-refractivity contribution in [1.82, 2.24) is 9.55 Å². The fourth-order valence-electron chi connectivity index (χ4n) is 4.32. The lowest BCUT2D eigenvalue weighted by Gasteiger charge is -2.31. The third-order valence-corrected chi connectivity index (χ3v) is 6.05. The maximum absolute atomic E-state index is 13.2. The van der Waals surface area contributed by atoms with Gasteiger partial charge in [-0.2, -0.15) is 0 Å². The molecule has 2 aliphatic heterocycles. The Morgan fingerprint density at radius 2 is 2.16 bits per heavy atom. The molecule has 9 nitrogen and oxygen atoms in total. The van der Waals surface area contributed by atoms with Gasteiger partial charge in [-0.25, -0.2) is 9.78 Å². The summed E-state index contributed by atoms with van der Waals surface area (Å²) in [6.45, 7) is 1.92. The smallest absolute Gasteiger partial charge is 0.343 e. The molecule has 0 saturated heterocycles. The summed E-state index contributed by atoms with van der Waals surface area (Å²) in [5.41, 5.74) is 5.28. The van der Waals surface area contributed by atoms with E-state index in [0.29, 0.717) is 29.1 Å². The monoisotopic (exact) mass is 421 g/mol. The van der Waals surface area contributed by atoms with Crippen LogP contribution >= 0.6 is 0 Å². The van der Waals surface area contributed by atoms with Crippen LogP contribution in [0.25, 0.3) is 22.3 Å². The molecule has 4 heterocycles. The number of benzene rings is 1. The normalized spacial score (nSPS) is 18.9. The molecule has 1 aromatic carbocycles. The standard InChI is InChI=1S/C22H20N4O5/c1-2-22(30)14-7-17-19-11(9-26(17)20(28)13(14)10-31-21(22)29)6-12-15(24-18(27)8-23)4-3-5-16(12)25-19/h3-7,30H,2,8-10,23H2,1H3,(H,24,27)/p+1/t22-/m1/s1. The summed E-state index contributed by atoms with van der Waals surface area (Å²) >= 11 is 0. The van der Waals surface area contributed by atoms with Crippen molar-refractivity contribution >= 4 is 28.5 Å². The zero-order valence-electron chi connectivity index (χ0n) is 16.9. The third-order valence-electron chi connectivity index (χ3n) is 6.05. The average Bonchev–Trinajstić information content (AvgIpc) is 3.13. The van der Waals surface area contributed by atoms with Gasteiger partial charge in [0.15, 0.2) is 12.1 Å². The highest BCUT2D eigenvalue weighted by atomic mass is 16.6. The van der Waals surface area contributed by atoms with Crippen LogP contribution in [0.1, 0.15) is 30.0 Å². The number of hydrogen-bond donors (Lipinski definition) is 3. The summed E-state index contributed by atoms with van der Waals surface area (Å²) in [4.78, 5) is 42.0. The summed E-state index contributed by atoms with van der Waals surface area (Å²) in [5.74, 6) is -0.953.